The first kappa shape index (κ1) is 25.7. The number of nitrogens with one attached hydrogen (secondary N) is 1. The molecule has 1 aliphatic carbocycles. The van der Waals surface area contributed by atoms with Crippen LogP contribution in [0.1, 0.15) is 61.4 Å². The lowest BCUT2D eigenvalue weighted by atomic mass is 9.98. The van der Waals surface area contributed by atoms with Crippen LogP contribution in [0.3, 0.4) is 0 Å². The molecule has 7 heteroatoms. The van der Waals surface area contributed by atoms with Crippen LogP contribution in [0.2, 0.25) is 0 Å². The lowest BCUT2D eigenvalue weighted by Crippen LogP contribution is -2.47. The van der Waals surface area contributed by atoms with Crippen molar-refractivity contribution in [3.8, 4) is 0 Å². The molecular formula is C32H39N5O2. The van der Waals surface area contributed by atoms with E-state index in [4.69, 9.17) is 11.1 Å². The zero-order valence-electron chi connectivity index (χ0n) is 22.7. The Morgan fingerprint density at radius 3 is 2.49 bits per heavy atom. The number of amides is 1. The Morgan fingerprint density at radius 1 is 0.974 bits per heavy atom. The van der Waals surface area contributed by atoms with E-state index >= 15 is 0 Å². The third-order valence-electron chi connectivity index (χ3n) is 8.34. The molecule has 1 saturated carbocycles. The third-order valence-corrected chi connectivity index (χ3v) is 8.34. The van der Waals surface area contributed by atoms with Gasteiger partial charge in [-0.2, -0.15) is 0 Å². The third kappa shape index (κ3) is 6.04. The molecule has 1 aromatic heterocycles. The molecule has 0 spiro atoms. The van der Waals surface area contributed by atoms with Gasteiger partial charge >= 0.3 is 0 Å². The van der Waals surface area contributed by atoms with Gasteiger partial charge in [0, 0.05) is 73.9 Å². The van der Waals surface area contributed by atoms with Crippen LogP contribution in [0.25, 0.3) is 5.70 Å². The number of anilines is 2. The molecule has 7 nitrogen and oxygen atoms in total. The number of rotatable bonds is 8. The normalized spacial score (nSPS) is 20.5. The van der Waals surface area contributed by atoms with E-state index in [0.717, 1.165) is 74.8 Å². The maximum absolute atomic E-state index is 12.6. The predicted molar refractivity (Wildman–Crippen MR) is 155 cm³/mol. The maximum atomic E-state index is 12.6. The smallest absolute Gasteiger partial charge is 0.227 e. The van der Waals surface area contributed by atoms with E-state index in [0.29, 0.717) is 0 Å². The fraction of sp³-hybridized carbons (Fsp3) is 0.438. The van der Waals surface area contributed by atoms with Gasteiger partial charge in [-0.15, -0.1) is 0 Å². The van der Waals surface area contributed by atoms with Crippen molar-refractivity contribution in [1.29, 1.82) is 0 Å². The van der Waals surface area contributed by atoms with E-state index in [1.807, 2.05) is 6.07 Å². The summed E-state index contributed by atoms with van der Waals surface area (Å²) in [5.74, 6) is 0.331. The minimum absolute atomic E-state index is 0.149. The van der Waals surface area contributed by atoms with Crippen molar-refractivity contribution in [1.82, 2.24) is 15.0 Å². The van der Waals surface area contributed by atoms with Gasteiger partial charge in [-0.3, -0.25) is 9.69 Å². The van der Waals surface area contributed by atoms with Crippen LogP contribution in [-0.2, 0) is 11.3 Å². The lowest BCUT2D eigenvalue weighted by Gasteiger charge is -2.44. The van der Waals surface area contributed by atoms with E-state index in [9.17, 15) is 4.79 Å². The number of nitrogens with zero attached hydrogens (tertiary/aromatic N) is 4. The maximum Gasteiger partial charge on any atom is 0.227 e. The van der Waals surface area contributed by atoms with Gasteiger partial charge < -0.3 is 19.6 Å². The average Bonchev–Trinajstić information content (AvgIpc) is 3.76. The van der Waals surface area contributed by atoms with Gasteiger partial charge in [0.05, 0.1) is 11.7 Å². The van der Waals surface area contributed by atoms with Gasteiger partial charge in [0.1, 0.15) is 6.26 Å². The number of carbonyl (C=O) groups is 1. The summed E-state index contributed by atoms with van der Waals surface area (Å²) >= 11 is 0. The van der Waals surface area contributed by atoms with Gasteiger partial charge in [-0.25, -0.2) is 0 Å². The van der Waals surface area contributed by atoms with Crippen LogP contribution in [0, 0.1) is 5.92 Å². The van der Waals surface area contributed by atoms with Crippen LogP contribution in [0.5, 0.6) is 0 Å². The molecule has 3 heterocycles. The van der Waals surface area contributed by atoms with Crippen LogP contribution in [-0.4, -0.2) is 53.6 Å². The minimum atomic E-state index is 0.149. The molecule has 2 saturated heterocycles. The van der Waals surface area contributed by atoms with Crippen molar-refractivity contribution >= 4 is 23.0 Å². The molecule has 1 amide bonds. The van der Waals surface area contributed by atoms with Crippen molar-refractivity contribution < 1.29 is 9.32 Å². The summed E-state index contributed by atoms with van der Waals surface area (Å²) in [5.41, 5.74) is 6.53. The van der Waals surface area contributed by atoms with E-state index in [1.54, 1.807) is 6.26 Å². The molecule has 6 rings (SSSR count). The van der Waals surface area contributed by atoms with Gasteiger partial charge in [0.2, 0.25) is 5.91 Å². The molecule has 3 aromatic rings. The number of benzene rings is 2. The van der Waals surface area contributed by atoms with Gasteiger partial charge in [-0.05, 0) is 49.4 Å². The zero-order chi connectivity index (χ0) is 26.6. The first-order valence-electron chi connectivity index (χ1n) is 14.5. The average molecular weight is 526 g/mol. The summed E-state index contributed by atoms with van der Waals surface area (Å²) in [6.07, 6.45) is 8.58. The Hall–Kier alpha value is -3.58. The highest BCUT2D eigenvalue weighted by Crippen LogP contribution is 2.39. The highest BCUT2D eigenvalue weighted by molar-refractivity contribution is 5.95. The second kappa shape index (κ2) is 11.7. The Kier molecular flexibility index (Phi) is 7.68. The van der Waals surface area contributed by atoms with Crippen molar-refractivity contribution in [3.63, 3.8) is 0 Å². The standard InChI is InChI=1S/C32H39N5O2/c1-24(37-19-18-35(22-28-15-20-39-34-28)23-31(37)25-9-5-4-6-10-25)29-14-13-27(33-32(38)26-11-12-26)21-30(29)36-16-7-2-3-8-17-36/h4-6,9-10,13-15,20-21,26,31H,1-3,7-8,11-12,16-19,22-23H2,(H,33,38). The topological polar surface area (TPSA) is 64.9 Å². The Labute approximate surface area is 231 Å². The van der Waals surface area contributed by atoms with E-state index in [2.05, 4.69) is 73.7 Å². The van der Waals surface area contributed by atoms with Crippen LogP contribution < -0.4 is 10.2 Å². The molecule has 39 heavy (non-hydrogen) atoms. The molecule has 0 bridgehead atoms. The van der Waals surface area contributed by atoms with Crippen LogP contribution in [0.15, 0.2) is 72.0 Å². The minimum Gasteiger partial charge on any atom is -0.371 e. The van der Waals surface area contributed by atoms with Gasteiger partial charge in [-0.1, -0.05) is 54.9 Å². The summed E-state index contributed by atoms with van der Waals surface area (Å²) in [5, 5.41) is 7.32. The first-order valence-corrected chi connectivity index (χ1v) is 14.5. The molecule has 2 aromatic carbocycles. The highest BCUT2D eigenvalue weighted by Gasteiger charge is 2.32. The molecule has 0 radical (unpaired) electrons. The zero-order valence-corrected chi connectivity index (χ0v) is 22.7. The summed E-state index contributed by atoms with van der Waals surface area (Å²) in [6, 6.07) is 19.3. The molecule has 1 N–H and O–H groups in total. The highest BCUT2D eigenvalue weighted by atomic mass is 16.5. The monoisotopic (exact) mass is 525 g/mol. The Morgan fingerprint density at radius 2 is 1.77 bits per heavy atom. The molecular weight excluding hydrogens is 486 g/mol. The van der Waals surface area contributed by atoms with E-state index in [-0.39, 0.29) is 17.9 Å². The summed E-state index contributed by atoms with van der Waals surface area (Å²) in [4.78, 5) is 20.0. The van der Waals surface area contributed by atoms with Crippen molar-refractivity contribution in [3.05, 3.63) is 84.3 Å². The largest absolute Gasteiger partial charge is 0.371 e. The SMILES string of the molecule is C=C(c1ccc(NC(=O)C2CC2)cc1N1CCCCCC1)N1CCN(Cc2ccon2)CC1c1ccccc1. The first-order chi connectivity index (χ1) is 19.2. The molecule has 204 valence electrons. The summed E-state index contributed by atoms with van der Waals surface area (Å²) in [7, 11) is 0. The number of carbonyl (C=O) groups excluding carboxylic acids is 1. The number of piperazine rings is 1. The number of aromatic nitrogens is 1. The Bertz CT molecular complexity index is 1260. The summed E-state index contributed by atoms with van der Waals surface area (Å²) in [6.45, 7) is 10.2. The van der Waals surface area contributed by atoms with Gasteiger partial charge in [0.25, 0.3) is 0 Å². The molecule has 2 aliphatic heterocycles. The molecule has 1 unspecified atom stereocenters. The number of hydrogen-bond acceptors (Lipinski definition) is 6. The van der Waals surface area contributed by atoms with E-state index < -0.39 is 0 Å². The van der Waals surface area contributed by atoms with Crippen molar-refractivity contribution in [2.45, 2.75) is 51.1 Å². The molecule has 1 atom stereocenters. The Balaban J connectivity index is 1.30. The lowest BCUT2D eigenvalue weighted by molar-refractivity contribution is -0.117. The van der Waals surface area contributed by atoms with Gasteiger partial charge in [0.15, 0.2) is 0 Å². The fourth-order valence-corrected chi connectivity index (χ4v) is 5.99. The fourth-order valence-electron chi connectivity index (χ4n) is 5.99. The summed E-state index contributed by atoms with van der Waals surface area (Å²) < 4.78 is 5.08. The number of hydrogen-bond donors (Lipinski definition) is 1. The van der Waals surface area contributed by atoms with Crippen molar-refractivity contribution in [2.24, 2.45) is 5.92 Å². The van der Waals surface area contributed by atoms with Crippen molar-refractivity contribution in [2.75, 3.05) is 42.9 Å². The van der Waals surface area contributed by atoms with Crippen LogP contribution >= 0.6 is 0 Å². The predicted octanol–water partition coefficient (Wildman–Crippen LogP) is 5.93. The van der Waals surface area contributed by atoms with E-state index in [1.165, 1.54) is 36.9 Å². The molecule has 3 fully saturated rings. The second-order valence-electron chi connectivity index (χ2n) is 11.2. The van der Waals surface area contributed by atoms with Crippen LogP contribution in [0.4, 0.5) is 11.4 Å². The molecule has 3 aliphatic rings. The second-order valence-corrected chi connectivity index (χ2v) is 11.2. The quantitative estimate of drug-likeness (QED) is 0.393.